The van der Waals surface area contributed by atoms with Crippen LogP contribution < -0.4 is 0 Å². The van der Waals surface area contributed by atoms with E-state index in [1.807, 2.05) is 0 Å². The van der Waals surface area contributed by atoms with E-state index in [1.54, 1.807) is 0 Å². The van der Waals surface area contributed by atoms with E-state index in [9.17, 15) is 18.8 Å². The Morgan fingerprint density at radius 2 is 1.69 bits per heavy atom. The minimum atomic E-state index is -1.23. The summed E-state index contributed by atoms with van der Waals surface area (Å²) in [6.07, 6.45) is -3.53. The molecule has 0 aromatic heterocycles. The normalized spacial score (nSPS) is 24.8. The molecule has 1 unspecified atom stereocenters. The average Bonchev–Trinajstić information content (AvgIpc) is 2.68. The molecule has 0 N–H and O–H groups in total. The number of carbonyl (C=O) groups is 3. The van der Waals surface area contributed by atoms with Gasteiger partial charge in [-0.25, -0.2) is 4.39 Å². The van der Waals surface area contributed by atoms with Crippen LogP contribution in [0, 0.1) is 5.82 Å². The first kappa shape index (κ1) is 26.0. The van der Waals surface area contributed by atoms with Gasteiger partial charge in [-0.3, -0.25) is 14.4 Å². The Balaban J connectivity index is 2.48. The molecule has 1 aromatic carbocycles. The zero-order valence-corrected chi connectivity index (χ0v) is 19.3. The average molecular weight is 510 g/mol. The van der Waals surface area contributed by atoms with Gasteiger partial charge in [0.15, 0.2) is 5.82 Å². The van der Waals surface area contributed by atoms with Gasteiger partial charge in [-0.15, -0.1) is 0 Å². The van der Waals surface area contributed by atoms with Crippen LogP contribution >= 0.6 is 35.0 Å². The maximum absolute atomic E-state index is 13.8. The minimum Gasteiger partial charge on any atom is -0.463 e. The summed E-state index contributed by atoms with van der Waals surface area (Å²) in [6.45, 7) is 3.08. The summed E-state index contributed by atoms with van der Waals surface area (Å²) in [7, 11) is 0. The molecule has 0 aliphatic carbocycles. The van der Waals surface area contributed by atoms with E-state index < -0.39 is 53.5 Å². The Kier molecular flexibility index (Phi) is 9.41. The van der Waals surface area contributed by atoms with E-state index in [-0.39, 0.29) is 16.7 Å². The van der Waals surface area contributed by atoms with Crippen molar-refractivity contribution in [2.75, 3.05) is 6.61 Å². The molecule has 0 saturated carbocycles. The monoisotopic (exact) mass is 509 g/mol. The second-order valence-corrected chi connectivity index (χ2v) is 8.49. The van der Waals surface area contributed by atoms with Gasteiger partial charge in [-0.05, 0) is 17.7 Å². The Morgan fingerprint density at radius 3 is 2.19 bits per heavy atom. The van der Waals surface area contributed by atoms with E-state index in [0.29, 0.717) is 4.90 Å². The summed E-state index contributed by atoms with van der Waals surface area (Å²) in [6, 6.07) is 1.33. The fraction of sp³-hybridized carbons (Fsp3) is 0.500. The molecule has 0 amide bonds. The molecule has 0 bridgehead atoms. The van der Waals surface area contributed by atoms with Crippen molar-refractivity contribution in [1.82, 2.24) is 0 Å². The zero-order chi connectivity index (χ0) is 24.0. The maximum atomic E-state index is 13.8. The molecule has 1 aliphatic rings. The molecule has 0 spiro atoms. The van der Waals surface area contributed by atoms with Gasteiger partial charge in [-0.2, -0.15) is 0 Å². The van der Waals surface area contributed by atoms with Crippen LogP contribution in [0.15, 0.2) is 22.1 Å². The Bertz CT molecular complexity index is 924. The number of ether oxygens (including phenoxy) is 4. The molecule has 32 heavy (non-hydrogen) atoms. The Hall–Kier alpha value is -2.24. The number of carbonyl (C=O) groups excluding carboxylic acids is 3. The van der Waals surface area contributed by atoms with Crippen LogP contribution in [0.1, 0.15) is 20.8 Å². The maximum Gasteiger partial charge on any atom is 0.303 e. The third kappa shape index (κ3) is 6.88. The standard InChI is InChI=1S/C18H18Cl2FN3O7S/c1-7(25)28-6-13-16(29-8(2)26)15(23-24-22)17(30-9(3)27)18(31-13)32-10-4-11(19)14(21)12(20)5-10/h4-5,13,15-18H,6H2,1-3H3/t13-,15+,16+,17-,18?/m1/s1. The van der Waals surface area contributed by atoms with Gasteiger partial charge in [0.1, 0.15) is 36.4 Å². The molecule has 1 heterocycles. The predicted molar refractivity (Wildman–Crippen MR) is 112 cm³/mol. The SMILES string of the molecule is CC(=O)OC[C@H]1OC(Sc2cc(Cl)c(F)c(Cl)c2)[C@H](OC(C)=O)[C@@H](N=[N+]=[N-])[C@H]1OC(C)=O. The molecular formula is C18H18Cl2FN3O7S. The highest BCUT2D eigenvalue weighted by atomic mass is 35.5. The number of rotatable bonds is 7. The summed E-state index contributed by atoms with van der Waals surface area (Å²) in [4.78, 5) is 37.8. The van der Waals surface area contributed by atoms with Gasteiger partial charge < -0.3 is 18.9 Å². The molecule has 1 aromatic rings. The van der Waals surface area contributed by atoms with Crippen LogP contribution in [-0.4, -0.2) is 54.3 Å². The second kappa shape index (κ2) is 11.6. The first-order chi connectivity index (χ1) is 15.0. The topological polar surface area (TPSA) is 137 Å². The highest BCUT2D eigenvalue weighted by molar-refractivity contribution is 7.99. The zero-order valence-electron chi connectivity index (χ0n) is 17.0. The van der Waals surface area contributed by atoms with Crippen molar-refractivity contribution in [2.24, 2.45) is 5.11 Å². The van der Waals surface area contributed by atoms with E-state index >= 15 is 0 Å². The van der Waals surface area contributed by atoms with E-state index in [0.717, 1.165) is 25.6 Å². The third-order valence-corrected chi connectivity index (χ3v) is 5.74. The lowest BCUT2D eigenvalue weighted by atomic mass is 9.97. The van der Waals surface area contributed by atoms with Crippen LogP contribution in [0.3, 0.4) is 0 Å². The van der Waals surface area contributed by atoms with Crippen LogP contribution in [0.5, 0.6) is 0 Å². The molecule has 10 nitrogen and oxygen atoms in total. The summed E-state index contributed by atoms with van der Waals surface area (Å²) < 4.78 is 35.3. The largest absolute Gasteiger partial charge is 0.463 e. The number of nitrogens with zero attached hydrogens (tertiary/aromatic N) is 3. The minimum absolute atomic E-state index is 0.249. The van der Waals surface area contributed by atoms with Gasteiger partial charge >= 0.3 is 17.9 Å². The Labute approximate surface area is 196 Å². The highest BCUT2D eigenvalue weighted by Gasteiger charge is 2.50. The van der Waals surface area contributed by atoms with Crippen LogP contribution in [0.4, 0.5) is 4.39 Å². The third-order valence-electron chi connectivity index (χ3n) is 4.07. The predicted octanol–water partition coefficient (Wildman–Crippen LogP) is 4.05. The lowest BCUT2D eigenvalue weighted by molar-refractivity contribution is -0.201. The van der Waals surface area contributed by atoms with Crippen molar-refractivity contribution < 1.29 is 37.7 Å². The fourth-order valence-corrected chi connectivity index (χ4v) is 4.71. The first-order valence-electron chi connectivity index (χ1n) is 9.02. The van der Waals surface area contributed by atoms with Gasteiger partial charge in [0.25, 0.3) is 0 Å². The van der Waals surface area contributed by atoms with Crippen molar-refractivity contribution in [2.45, 2.75) is 55.5 Å². The van der Waals surface area contributed by atoms with Crippen molar-refractivity contribution in [1.29, 1.82) is 0 Å². The number of esters is 3. The van der Waals surface area contributed by atoms with Crippen LogP contribution in [-0.2, 0) is 33.3 Å². The quantitative estimate of drug-likeness (QED) is 0.134. The van der Waals surface area contributed by atoms with Gasteiger partial charge in [0.2, 0.25) is 0 Å². The number of azide groups is 1. The number of halogens is 3. The van der Waals surface area contributed by atoms with Gasteiger partial charge in [-0.1, -0.05) is 40.1 Å². The van der Waals surface area contributed by atoms with Crippen LogP contribution in [0.25, 0.3) is 10.4 Å². The summed E-state index contributed by atoms with van der Waals surface area (Å²) in [5, 5.41) is 3.15. The molecule has 2 rings (SSSR count). The number of benzene rings is 1. The van der Waals surface area contributed by atoms with E-state index in [2.05, 4.69) is 10.0 Å². The molecule has 1 fully saturated rings. The molecule has 1 aliphatic heterocycles. The van der Waals surface area contributed by atoms with E-state index in [1.165, 1.54) is 19.1 Å². The first-order valence-corrected chi connectivity index (χ1v) is 10.7. The molecule has 174 valence electrons. The van der Waals surface area contributed by atoms with E-state index in [4.69, 9.17) is 47.7 Å². The smallest absolute Gasteiger partial charge is 0.303 e. The number of thioether (sulfide) groups is 1. The van der Waals surface area contributed by atoms with Crippen molar-refractivity contribution >= 4 is 52.9 Å². The molecule has 14 heteroatoms. The van der Waals surface area contributed by atoms with Crippen molar-refractivity contribution in [3.05, 3.63) is 38.4 Å². The van der Waals surface area contributed by atoms with Crippen LogP contribution in [0.2, 0.25) is 10.0 Å². The second-order valence-electron chi connectivity index (χ2n) is 6.51. The van der Waals surface area contributed by atoms with Crippen molar-refractivity contribution in [3.8, 4) is 0 Å². The summed E-state index contributed by atoms with van der Waals surface area (Å²) in [5.41, 5.74) is 8.02. The lowest BCUT2D eigenvalue weighted by Crippen LogP contribution is -2.59. The fourth-order valence-electron chi connectivity index (χ4n) is 2.90. The van der Waals surface area contributed by atoms with Crippen molar-refractivity contribution in [3.63, 3.8) is 0 Å². The molecular weight excluding hydrogens is 492 g/mol. The Morgan fingerprint density at radius 1 is 1.12 bits per heavy atom. The lowest BCUT2D eigenvalue weighted by Gasteiger charge is -2.43. The van der Waals surface area contributed by atoms with Gasteiger partial charge in [0, 0.05) is 30.6 Å². The molecule has 0 radical (unpaired) electrons. The highest BCUT2D eigenvalue weighted by Crippen LogP contribution is 2.39. The molecule has 1 saturated heterocycles. The number of hydrogen-bond acceptors (Lipinski definition) is 9. The molecule has 5 atom stereocenters. The summed E-state index contributed by atoms with van der Waals surface area (Å²) >= 11 is 12.6. The van der Waals surface area contributed by atoms with Gasteiger partial charge in [0.05, 0.1) is 10.0 Å². The summed E-state index contributed by atoms with van der Waals surface area (Å²) in [5.74, 6) is -2.89. The number of hydrogen-bond donors (Lipinski definition) is 0.